The molecule has 0 unspecified atom stereocenters. The molecule has 2 aromatic rings. The maximum absolute atomic E-state index is 12.9. The predicted molar refractivity (Wildman–Crippen MR) is 70.4 cm³/mol. The van der Waals surface area contributed by atoms with Crippen LogP contribution in [-0.2, 0) is 0 Å². The molecule has 0 saturated heterocycles. The minimum absolute atomic E-state index is 0.203. The standard InChI is InChI=1S/C13H11FN2OS/c1-18-10-7-5-9(6-8-10)13(17)16-12-4-2-3-11(14)15-12/h2-8H,1H3,(H,15,16,17). The summed E-state index contributed by atoms with van der Waals surface area (Å²) in [5, 5.41) is 2.54. The van der Waals surface area contributed by atoms with Crippen LogP contribution in [-0.4, -0.2) is 17.1 Å². The van der Waals surface area contributed by atoms with E-state index in [-0.39, 0.29) is 11.7 Å². The Kier molecular flexibility index (Phi) is 3.94. The molecule has 1 N–H and O–H groups in total. The molecule has 0 aliphatic rings. The number of nitrogens with zero attached hydrogens (tertiary/aromatic N) is 1. The number of hydrogen-bond acceptors (Lipinski definition) is 3. The fourth-order valence-electron chi connectivity index (χ4n) is 1.41. The summed E-state index contributed by atoms with van der Waals surface area (Å²) in [7, 11) is 0. The number of carbonyl (C=O) groups is 1. The van der Waals surface area contributed by atoms with E-state index in [0.29, 0.717) is 5.56 Å². The zero-order valence-electron chi connectivity index (χ0n) is 9.68. The molecule has 1 heterocycles. The highest BCUT2D eigenvalue weighted by molar-refractivity contribution is 7.98. The highest BCUT2D eigenvalue weighted by Crippen LogP contribution is 2.15. The first-order valence-corrected chi connectivity index (χ1v) is 6.49. The van der Waals surface area contributed by atoms with Crippen LogP contribution in [0, 0.1) is 5.95 Å². The molecule has 0 aliphatic heterocycles. The van der Waals surface area contributed by atoms with Crippen LogP contribution in [0.2, 0.25) is 0 Å². The topological polar surface area (TPSA) is 42.0 Å². The number of rotatable bonds is 3. The Morgan fingerprint density at radius 1 is 1.22 bits per heavy atom. The molecule has 1 amide bonds. The van der Waals surface area contributed by atoms with Crippen molar-refractivity contribution < 1.29 is 9.18 Å². The minimum Gasteiger partial charge on any atom is -0.306 e. The zero-order valence-corrected chi connectivity index (χ0v) is 10.5. The number of thioether (sulfide) groups is 1. The van der Waals surface area contributed by atoms with Gasteiger partial charge in [0.25, 0.3) is 5.91 Å². The number of carbonyl (C=O) groups excluding carboxylic acids is 1. The lowest BCUT2D eigenvalue weighted by atomic mass is 10.2. The van der Waals surface area contributed by atoms with Crippen LogP contribution in [0.3, 0.4) is 0 Å². The maximum atomic E-state index is 12.9. The lowest BCUT2D eigenvalue weighted by Gasteiger charge is -2.04. The molecule has 5 heteroatoms. The lowest BCUT2D eigenvalue weighted by Crippen LogP contribution is -2.13. The first kappa shape index (κ1) is 12.6. The molecule has 1 aromatic heterocycles. The van der Waals surface area contributed by atoms with Crippen molar-refractivity contribution in [3.63, 3.8) is 0 Å². The molecule has 92 valence electrons. The van der Waals surface area contributed by atoms with Gasteiger partial charge in [0, 0.05) is 10.5 Å². The number of halogens is 1. The molecule has 1 aromatic carbocycles. The fourth-order valence-corrected chi connectivity index (χ4v) is 1.82. The van der Waals surface area contributed by atoms with Crippen molar-refractivity contribution in [2.45, 2.75) is 4.90 Å². The largest absolute Gasteiger partial charge is 0.306 e. The van der Waals surface area contributed by atoms with Gasteiger partial charge < -0.3 is 5.32 Å². The second-order valence-electron chi connectivity index (χ2n) is 3.53. The smallest absolute Gasteiger partial charge is 0.256 e. The van der Waals surface area contributed by atoms with Crippen LogP contribution in [0.25, 0.3) is 0 Å². The average Bonchev–Trinajstić information content (AvgIpc) is 2.39. The molecule has 0 aliphatic carbocycles. The summed E-state index contributed by atoms with van der Waals surface area (Å²) >= 11 is 1.60. The second kappa shape index (κ2) is 5.64. The highest BCUT2D eigenvalue weighted by Gasteiger charge is 2.07. The molecular weight excluding hydrogens is 251 g/mol. The van der Waals surface area contributed by atoms with Gasteiger partial charge in [0.1, 0.15) is 5.82 Å². The van der Waals surface area contributed by atoms with E-state index in [1.165, 1.54) is 18.2 Å². The third-order valence-electron chi connectivity index (χ3n) is 2.31. The number of aromatic nitrogens is 1. The van der Waals surface area contributed by atoms with Gasteiger partial charge in [-0.05, 0) is 42.7 Å². The van der Waals surface area contributed by atoms with E-state index in [2.05, 4.69) is 10.3 Å². The van der Waals surface area contributed by atoms with Crippen molar-refractivity contribution in [1.82, 2.24) is 4.98 Å². The van der Waals surface area contributed by atoms with Crippen LogP contribution in [0.15, 0.2) is 47.4 Å². The molecular formula is C13H11FN2OS. The monoisotopic (exact) mass is 262 g/mol. The van der Waals surface area contributed by atoms with Crippen molar-refractivity contribution in [2.75, 3.05) is 11.6 Å². The van der Waals surface area contributed by atoms with E-state index in [1.54, 1.807) is 23.9 Å². The van der Waals surface area contributed by atoms with Gasteiger partial charge >= 0.3 is 0 Å². The predicted octanol–water partition coefficient (Wildman–Crippen LogP) is 3.19. The zero-order chi connectivity index (χ0) is 13.0. The summed E-state index contributed by atoms with van der Waals surface area (Å²) < 4.78 is 12.9. The first-order valence-electron chi connectivity index (χ1n) is 5.27. The molecule has 0 spiro atoms. The second-order valence-corrected chi connectivity index (χ2v) is 4.41. The van der Waals surface area contributed by atoms with E-state index in [9.17, 15) is 9.18 Å². The van der Waals surface area contributed by atoms with Crippen molar-refractivity contribution in [1.29, 1.82) is 0 Å². The van der Waals surface area contributed by atoms with Gasteiger partial charge in [-0.3, -0.25) is 4.79 Å². The summed E-state index contributed by atoms with van der Waals surface area (Å²) in [6, 6.07) is 11.4. The van der Waals surface area contributed by atoms with Crippen LogP contribution in [0.1, 0.15) is 10.4 Å². The van der Waals surface area contributed by atoms with Crippen molar-refractivity contribution >= 4 is 23.5 Å². The third kappa shape index (κ3) is 3.07. The summed E-state index contributed by atoms with van der Waals surface area (Å²) in [6.45, 7) is 0. The molecule has 0 radical (unpaired) electrons. The van der Waals surface area contributed by atoms with Gasteiger partial charge in [-0.1, -0.05) is 6.07 Å². The van der Waals surface area contributed by atoms with Crippen molar-refractivity contribution in [3.8, 4) is 0 Å². The van der Waals surface area contributed by atoms with Crippen molar-refractivity contribution in [2.24, 2.45) is 0 Å². The van der Waals surface area contributed by atoms with Crippen LogP contribution in [0.5, 0.6) is 0 Å². The SMILES string of the molecule is CSc1ccc(C(=O)Nc2cccc(F)n2)cc1. The number of anilines is 1. The number of hydrogen-bond donors (Lipinski definition) is 1. The van der Waals surface area contributed by atoms with E-state index in [4.69, 9.17) is 0 Å². The van der Waals surface area contributed by atoms with Gasteiger partial charge in [0.05, 0.1) is 0 Å². The fraction of sp³-hybridized carbons (Fsp3) is 0.0769. The number of pyridine rings is 1. The summed E-state index contributed by atoms with van der Waals surface area (Å²) in [5.74, 6) is -0.722. The summed E-state index contributed by atoms with van der Waals surface area (Å²) in [6.07, 6.45) is 1.96. The maximum Gasteiger partial charge on any atom is 0.256 e. The van der Waals surface area contributed by atoms with Crippen LogP contribution >= 0.6 is 11.8 Å². The van der Waals surface area contributed by atoms with E-state index >= 15 is 0 Å². The Hall–Kier alpha value is -1.88. The van der Waals surface area contributed by atoms with E-state index in [0.717, 1.165) is 4.90 Å². The Morgan fingerprint density at radius 3 is 2.56 bits per heavy atom. The number of amides is 1. The Balaban J connectivity index is 2.11. The van der Waals surface area contributed by atoms with Crippen molar-refractivity contribution in [3.05, 3.63) is 54.0 Å². The molecule has 0 fully saturated rings. The first-order chi connectivity index (χ1) is 8.69. The van der Waals surface area contributed by atoms with Gasteiger partial charge in [0.2, 0.25) is 5.95 Å². The lowest BCUT2D eigenvalue weighted by molar-refractivity contribution is 0.102. The van der Waals surface area contributed by atoms with E-state index < -0.39 is 5.95 Å². The Bertz CT molecular complexity index is 557. The van der Waals surface area contributed by atoms with E-state index in [1.807, 2.05) is 18.4 Å². The molecule has 0 atom stereocenters. The molecule has 3 nitrogen and oxygen atoms in total. The van der Waals surface area contributed by atoms with Crippen LogP contribution < -0.4 is 5.32 Å². The molecule has 18 heavy (non-hydrogen) atoms. The van der Waals surface area contributed by atoms with Gasteiger partial charge in [-0.25, -0.2) is 4.98 Å². The minimum atomic E-state index is -0.620. The average molecular weight is 262 g/mol. The molecule has 0 bridgehead atoms. The summed E-state index contributed by atoms with van der Waals surface area (Å²) in [5.41, 5.74) is 0.513. The van der Waals surface area contributed by atoms with Gasteiger partial charge in [0.15, 0.2) is 0 Å². The molecule has 0 saturated carbocycles. The normalized spacial score (nSPS) is 10.1. The van der Waals surface area contributed by atoms with Gasteiger partial charge in [-0.2, -0.15) is 4.39 Å². The highest BCUT2D eigenvalue weighted by atomic mass is 32.2. The Morgan fingerprint density at radius 2 is 1.94 bits per heavy atom. The number of benzene rings is 1. The third-order valence-corrected chi connectivity index (χ3v) is 3.05. The Labute approximate surface area is 108 Å². The number of nitrogens with one attached hydrogen (secondary N) is 1. The summed E-state index contributed by atoms with van der Waals surface area (Å²) in [4.78, 5) is 16.5. The molecule has 2 rings (SSSR count). The quantitative estimate of drug-likeness (QED) is 0.682. The van der Waals surface area contributed by atoms with Crippen LogP contribution in [0.4, 0.5) is 10.2 Å². The van der Waals surface area contributed by atoms with Gasteiger partial charge in [-0.15, -0.1) is 11.8 Å².